The number of hydrogen-bond acceptors (Lipinski definition) is 4. The van der Waals surface area contributed by atoms with Crippen molar-refractivity contribution >= 4 is 11.5 Å². The Balaban J connectivity index is 2.63. The van der Waals surface area contributed by atoms with Gasteiger partial charge in [0.1, 0.15) is 5.82 Å². The smallest absolute Gasteiger partial charge is 0.148 e. The number of hydrogen-bond donors (Lipinski definition) is 3. The molecule has 1 unspecified atom stereocenters. The first kappa shape index (κ1) is 14.8. The largest absolute Gasteiger partial charge is 0.394 e. The molecular weight excluding hydrogens is 228 g/mol. The van der Waals surface area contributed by atoms with Crippen molar-refractivity contribution in [1.29, 1.82) is 0 Å². The van der Waals surface area contributed by atoms with E-state index in [9.17, 15) is 5.11 Å². The van der Waals surface area contributed by atoms with Crippen LogP contribution in [0.5, 0.6) is 0 Å². The van der Waals surface area contributed by atoms with Gasteiger partial charge >= 0.3 is 0 Å². The van der Waals surface area contributed by atoms with Gasteiger partial charge in [-0.3, -0.25) is 0 Å². The van der Waals surface area contributed by atoms with Gasteiger partial charge in [0.25, 0.3) is 0 Å². The van der Waals surface area contributed by atoms with Crippen molar-refractivity contribution < 1.29 is 5.11 Å². The fraction of sp³-hybridized carbons (Fsp3) is 0.769. The van der Waals surface area contributed by atoms with Crippen molar-refractivity contribution in [2.45, 2.75) is 53.7 Å². The van der Waals surface area contributed by atoms with Crippen LogP contribution in [0.3, 0.4) is 0 Å². The van der Waals surface area contributed by atoms with Crippen LogP contribution < -0.4 is 11.1 Å². The molecule has 1 aromatic heterocycles. The molecule has 0 fully saturated rings. The van der Waals surface area contributed by atoms with Crippen molar-refractivity contribution in [3.05, 3.63) is 5.69 Å². The Morgan fingerprint density at radius 1 is 1.44 bits per heavy atom. The molecule has 0 aromatic carbocycles. The lowest BCUT2D eigenvalue weighted by Crippen LogP contribution is -2.26. The number of rotatable bonds is 5. The molecular formula is C13H26N4O. The van der Waals surface area contributed by atoms with Gasteiger partial charge in [-0.15, -0.1) is 0 Å². The summed E-state index contributed by atoms with van der Waals surface area (Å²) in [6, 6.07) is 0. The van der Waals surface area contributed by atoms with Gasteiger partial charge in [0.15, 0.2) is 0 Å². The van der Waals surface area contributed by atoms with E-state index in [-0.39, 0.29) is 11.5 Å². The predicted molar refractivity (Wildman–Crippen MR) is 75.6 cm³/mol. The van der Waals surface area contributed by atoms with Gasteiger partial charge in [0, 0.05) is 13.1 Å². The van der Waals surface area contributed by atoms with Crippen LogP contribution >= 0.6 is 0 Å². The highest BCUT2D eigenvalue weighted by atomic mass is 16.3. The Morgan fingerprint density at radius 3 is 2.56 bits per heavy atom. The topological polar surface area (TPSA) is 76.1 Å². The number of aromatic nitrogens is 2. The third-order valence-electron chi connectivity index (χ3n) is 2.83. The average molecular weight is 254 g/mol. The molecule has 0 radical (unpaired) electrons. The van der Waals surface area contributed by atoms with E-state index in [0.717, 1.165) is 24.5 Å². The second kappa shape index (κ2) is 5.61. The van der Waals surface area contributed by atoms with Crippen molar-refractivity contribution in [1.82, 2.24) is 9.78 Å². The Morgan fingerprint density at radius 2 is 2.06 bits per heavy atom. The van der Waals surface area contributed by atoms with Gasteiger partial charge in [-0.25, -0.2) is 4.68 Å². The van der Waals surface area contributed by atoms with E-state index in [1.54, 1.807) is 0 Å². The lowest BCUT2D eigenvalue weighted by atomic mass is 9.89. The fourth-order valence-electron chi connectivity index (χ4n) is 2.00. The molecule has 0 amide bonds. The van der Waals surface area contributed by atoms with E-state index in [2.05, 4.69) is 31.2 Å². The summed E-state index contributed by atoms with van der Waals surface area (Å²) >= 11 is 0. The molecule has 5 heteroatoms. The van der Waals surface area contributed by atoms with Crippen molar-refractivity contribution in [2.24, 2.45) is 5.41 Å². The maximum absolute atomic E-state index is 9.97. The lowest BCUT2D eigenvalue weighted by molar-refractivity contribution is 0.132. The minimum Gasteiger partial charge on any atom is -0.394 e. The molecule has 18 heavy (non-hydrogen) atoms. The summed E-state index contributed by atoms with van der Waals surface area (Å²) in [5.41, 5.74) is 7.57. The third kappa shape index (κ3) is 3.91. The second-order valence-corrected chi connectivity index (χ2v) is 5.96. The summed E-state index contributed by atoms with van der Waals surface area (Å²) < 4.78 is 1.83. The highest BCUT2D eigenvalue weighted by molar-refractivity contribution is 5.64. The van der Waals surface area contributed by atoms with Crippen LogP contribution in [0.2, 0.25) is 0 Å². The van der Waals surface area contributed by atoms with Crippen molar-refractivity contribution in [3.63, 3.8) is 0 Å². The van der Waals surface area contributed by atoms with Gasteiger partial charge < -0.3 is 16.2 Å². The number of aliphatic hydroxyl groups excluding tert-OH is 1. The maximum Gasteiger partial charge on any atom is 0.148 e. The predicted octanol–water partition coefficient (Wildman–Crippen LogP) is 2.00. The molecule has 0 aliphatic carbocycles. The monoisotopic (exact) mass is 254 g/mol. The second-order valence-electron chi connectivity index (χ2n) is 5.96. The molecule has 1 heterocycles. The molecule has 5 nitrogen and oxygen atoms in total. The standard InChI is InChI=1S/C13H26N4O/c1-6-17-12(11(14)9(2)16-17)15-8-10(18)7-13(3,4)5/h10,15,18H,6-8,14H2,1-5H3. The Bertz CT molecular complexity index is 392. The van der Waals surface area contributed by atoms with Gasteiger partial charge in [-0.05, 0) is 25.7 Å². The van der Waals surface area contributed by atoms with Crippen LogP contribution in [0.25, 0.3) is 0 Å². The van der Waals surface area contributed by atoms with Gasteiger partial charge in [-0.2, -0.15) is 5.10 Å². The van der Waals surface area contributed by atoms with Crippen LogP contribution in [0.4, 0.5) is 11.5 Å². The molecule has 1 atom stereocenters. The van der Waals surface area contributed by atoms with E-state index in [0.29, 0.717) is 12.2 Å². The number of nitrogens with zero attached hydrogens (tertiary/aromatic N) is 2. The SMILES string of the molecule is CCn1nc(C)c(N)c1NCC(O)CC(C)(C)C. The molecule has 0 saturated heterocycles. The van der Waals surface area contributed by atoms with Gasteiger partial charge in [-0.1, -0.05) is 20.8 Å². The van der Waals surface area contributed by atoms with E-state index in [1.807, 2.05) is 18.5 Å². The number of nitrogen functional groups attached to an aromatic ring is 1. The van der Waals surface area contributed by atoms with Gasteiger partial charge in [0.05, 0.1) is 17.5 Å². The Kier molecular flexibility index (Phi) is 4.62. The van der Waals surface area contributed by atoms with Crippen LogP contribution in [-0.4, -0.2) is 27.5 Å². The summed E-state index contributed by atoms with van der Waals surface area (Å²) in [4.78, 5) is 0. The normalized spacial score (nSPS) is 13.7. The minimum atomic E-state index is -0.384. The number of anilines is 2. The van der Waals surface area contributed by atoms with Gasteiger partial charge in [0.2, 0.25) is 0 Å². The summed E-state index contributed by atoms with van der Waals surface area (Å²) in [5.74, 6) is 0.808. The van der Waals surface area contributed by atoms with E-state index in [4.69, 9.17) is 5.73 Å². The zero-order chi connectivity index (χ0) is 13.9. The van der Waals surface area contributed by atoms with Crippen molar-refractivity contribution in [2.75, 3.05) is 17.6 Å². The van der Waals surface area contributed by atoms with E-state index >= 15 is 0 Å². The highest BCUT2D eigenvalue weighted by Gasteiger charge is 2.18. The average Bonchev–Trinajstić information content (AvgIpc) is 2.50. The Hall–Kier alpha value is -1.23. The molecule has 0 spiro atoms. The first-order valence-electron chi connectivity index (χ1n) is 6.49. The number of nitrogens with one attached hydrogen (secondary N) is 1. The maximum atomic E-state index is 9.97. The summed E-state index contributed by atoms with van der Waals surface area (Å²) in [6.45, 7) is 11.5. The van der Waals surface area contributed by atoms with Crippen LogP contribution in [-0.2, 0) is 6.54 Å². The van der Waals surface area contributed by atoms with Crippen LogP contribution in [0.15, 0.2) is 0 Å². The zero-order valence-corrected chi connectivity index (χ0v) is 12.1. The molecule has 0 saturated carbocycles. The first-order valence-corrected chi connectivity index (χ1v) is 6.49. The Labute approximate surface area is 109 Å². The van der Waals surface area contributed by atoms with E-state index in [1.165, 1.54) is 0 Å². The molecule has 1 rings (SSSR count). The molecule has 0 bridgehead atoms. The summed E-state index contributed by atoms with van der Waals surface area (Å²) in [7, 11) is 0. The summed E-state index contributed by atoms with van der Waals surface area (Å²) in [6.07, 6.45) is 0.365. The number of nitrogens with two attached hydrogens (primary N) is 1. The molecule has 0 aliphatic heterocycles. The first-order chi connectivity index (χ1) is 8.24. The molecule has 104 valence electrons. The number of aryl methyl sites for hydroxylation is 2. The quantitative estimate of drug-likeness (QED) is 0.751. The zero-order valence-electron chi connectivity index (χ0n) is 12.1. The fourth-order valence-corrected chi connectivity index (χ4v) is 2.00. The van der Waals surface area contributed by atoms with Crippen molar-refractivity contribution in [3.8, 4) is 0 Å². The highest BCUT2D eigenvalue weighted by Crippen LogP contribution is 2.24. The molecule has 1 aromatic rings. The lowest BCUT2D eigenvalue weighted by Gasteiger charge is -2.23. The number of aliphatic hydroxyl groups is 1. The van der Waals surface area contributed by atoms with E-state index < -0.39 is 0 Å². The summed E-state index contributed by atoms with van der Waals surface area (Å²) in [5, 5.41) is 17.5. The van der Waals surface area contributed by atoms with Crippen LogP contribution in [0, 0.1) is 12.3 Å². The molecule has 0 aliphatic rings. The third-order valence-corrected chi connectivity index (χ3v) is 2.83. The molecule has 4 N–H and O–H groups in total. The minimum absolute atomic E-state index is 0.119. The van der Waals surface area contributed by atoms with Crippen LogP contribution in [0.1, 0.15) is 39.8 Å².